The molecule has 170 valence electrons. The van der Waals surface area contributed by atoms with Crippen LogP contribution < -0.4 is 16.2 Å². The highest BCUT2D eigenvalue weighted by atomic mass is 35.5. The first-order chi connectivity index (χ1) is 16.4. The number of rotatable bonds is 5. The van der Waals surface area contributed by atoms with Gasteiger partial charge in [0.05, 0.1) is 33.9 Å². The number of hydrogen-bond acceptors (Lipinski definition) is 4. The van der Waals surface area contributed by atoms with Gasteiger partial charge in [0.2, 0.25) is 0 Å². The lowest BCUT2D eigenvalue weighted by atomic mass is 10.0. The third kappa shape index (κ3) is 5.33. The molecule has 3 amide bonds. The van der Waals surface area contributed by atoms with E-state index in [0.29, 0.717) is 27.2 Å². The van der Waals surface area contributed by atoms with Gasteiger partial charge < -0.3 is 5.32 Å². The lowest BCUT2D eigenvalue weighted by Gasteiger charge is -2.12. The fourth-order valence-electron chi connectivity index (χ4n) is 3.27. The molecule has 0 atom stereocenters. The number of nitrogens with zero attached hydrogens (tertiary/aromatic N) is 1. The minimum absolute atomic E-state index is 0.249. The first-order valence-corrected chi connectivity index (χ1v) is 11.0. The van der Waals surface area contributed by atoms with Gasteiger partial charge in [0.15, 0.2) is 0 Å². The van der Waals surface area contributed by atoms with Crippen molar-refractivity contribution in [3.05, 3.63) is 100 Å². The van der Waals surface area contributed by atoms with E-state index >= 15 is 0 Å². The summed E-state index contributed by atoms with van der Waals surface area (Å²) in [6, 6.07) is 22.4. The van der Waals surface area contributed by atoms with Gasteiger partial charge in [-0.25, -0.2) is 4.98 Å². The summed E-state index contributed by atoms with van der Waals surface area (Å²) < 4.78 is 0. The Bertz CT molecular complexity index is 1390. The molecule has 0 spiro atoms. The number of fused-ring (bicyclic) bond motifs is 1. The van der Waals surface area contributed by atoms with Crippen molar-refractivity contribution in [2.24, 2.45) is 0 Å². The van der Waals surface area contributed by atoms with E-state index in [4.69, 9.17) is 23.2 Å². The molecule has 0 radical (unpaired) electrons. The quantitative estimate of drug-likeness (QED) is 0.359. The van der Waals surface area contributed by atoms with Gasteiger partial charge in [-0.2, -0.15) is 0 Å². The monoisotopic (exact) mass is 492 g/mol. The summed E-state index contributed by atoms with van der Waals surface area (Å²) >= 11 is 12.0. The molecule has 0 aliphatic rings. The fourth-order valence-corrected chi connectivity index (χ4v) is 3.62. The Morgan fingerprint density at radius 2 is 1.47 bits per heavy atom. The molecule has 0 saturated heterocycles. The van der Waals surface area contributed by atoms with Crippen LogP contribution in [0.5, 0.6) is 0 Å². The number of aromatic nitrogens is 1. The zero-order valence-electron chi connectivity index (χ0n) is 17.6. The zero-order chi connectivity index (χ0) is 24.1. The highest BCUT2D eigenvalue weighted by Crippen LogP contribution is 2.26. The highest BCUT2D eigenvalue weighted by Gasteiger charge is 2.16. The Labute approximate surface area is 205 Å². The van der Waals surface area contributed by atoms with Crippen molar-refractivity contribution in [2.75, 3.05) is 6.54 Å². The second-order valence-corrected chi connectivity index (χ2v) is 8.09. The summed E-state index contributed by atoms with van der Waals surface area (Å²) in [6.07, 6.45) is 0. The van der Waals surface area contributed by atoms with Gasteiger partial charge >= 0.3 is 0 Å². The summed E-state index contributed by atoms with van der Waals surface area (Å²) in [5, 5.41) is 3.95. The van der Waals surface area contributed by atoms with Gasteiger partial charge in [0, 0.05) is 16.0 Å². The van der Waals surface area contributed by atoms with Crippen LogP contribution in [-0.4, -0.2) is 29.3 Å². The average Bonchev–Trinajstić information content (AvgIpc) is 2.86. The van der Waals surface area contributed by atoms with E-state index in [1.807, 2.05) is 18.2 Å². The molecule has 0 unspecified atom stereocenters. The lowest BCUT2D eigenvalue weighted by Crippen LogP contribution is -2.46. The van der Waals surface area contributed by atoms with E-state index < -0.39 is 17.7 Å². The van der Waals surface area contributed by atoms with Crippen molar-refractivity contribution in [3.8, 4) is 11.3 Å². The zero-order valence-corrected chi connectivity index (χ0v) is 19.2. The maximum Gasteiger partial charge on any atom is 0.270 e. The van der Waals surface area contributed by atoms with Crippen molar-refractivity contribution in [2.45, 2.75) is 0 Å². The predicted octanol–water partition coefficient (Wildman–Crippen LogP) is 4.40. The number of pyridine rings is 1. The number of hydrogen-bond donors (Lipinski definition) is 3. The molecule has 1 heterocycles. The molecule has 0 aliphatic heterocycles. The Morgan fingerprint density at radius 3 is 2.24 bits per heavy atom. The van der Waals surface area contributed by atoms with Crippen LogP contribution in [0.15, 0.2) is 78.9 Å². The van der Waals surface area contributed by atoms with E-state index in [9.17, 15) is 14.4 Å². The minimum Gasteiger partial charge on any atom is -0.343 e. The standard InChI is InChI=1S/C25H18Cl2N4O3/c26-16-11-9-15(10-12-16)22-13-19(17-5-2-4-8-21(17)29-22)25(34)31-30-23(32)14-28-24(33)18-6-1-3-7-20(18)27/h1-13H,14H2,(H,28,33)(H,30,32)(H,31,34). The highest BCUT2D eigenvalue weighted by molar-refractivity contribution is 6.33. The Hall–Kier alpha value is -3.94. The van der Waals surface area contributed by atoms with Crippen LogP contribution in [-0.2, 0) is 4.79 Å². The smallest absolute Gasteiger partial charge is 0.270 e. The maximum absolute atomic E-state index is 12.9. The Balaban J connectivity index is 1.46. The van der Waals surface area contributed by atoms with Crippen molar-refractivity contribution in [1.29, 1.82) is 0 Å². The topological polar surface area (TPSA) is 100 Å². The summed E-state index contributed by atoms with van der Waals surface area (Å²) in [4.78, 5) is 41.9. The Kier molecular flexibility index (Phi) is 7.06. The van der Waals surface area contributed by atoms with Crippen molar-refractivity contribution in [1.82, 2.24) is 21.2 Å². The summed E-state index contributed by atoms with van der Waals surface area (Å²) in [7, 11) is 0. The van der Waals surface area contributed by atoms with Crippen LogP contribution >= 0.6 is 23.2 Å². The molecular formula is C25H18Cl2N4O3. The van der Waals surface area contributed by atoms with Crippen molar-refractivity contribution >= 4 is 51.8 Å². The first-order valence-electron chi connectivity index (χ1n) is 10.2. The molecule has 34 heavy (non-hydrogen) atoms. The number of nitrogens with one attached hydrogen (secondary N) is 3. The number of halogens is 2. The van der Waals surface area contributed by atoms with E-state index in [1.54, 1.807) is 60.7 Å². The fraction of sp³-hybridized carbons (Fsp3) is 0.0400. The number of carbonyl (C=O) groups is 3. The van der Waals surface area contributed by atoms with Crippen LogP contribution in [0.25, 0.3) is 22.2 Å². The number of amides is 3. The summed E-state index contributed by atoms with van der Waals surface area (Å²) in [5.41, 5.74) is 7.27. The maximum atomic E-state index is 12.9. The molecule has 0 aliphatic carbocycles. The molecule has 4 aromatic rings. The molecule has 1 aromatic heterocycles. The predicted molar refractivity (Wildman–Crippen MR) is 132 cm³/mol. The number of carbonyl (C=O) groups excluding carboxylic acids is 3. The normalized spacial score (nSPS) is 10.5. The van der Waals surface area contributed by atoms with Gasteiger partial charge in [-0.05, 0) is 36.4 Å². The molecular weight excluding hydrogens is 475 g/mol. The van der Waals surface area contributed by atoms with Crippen LogP contribution in [0.1, 0.15) is 20.7 Å². The van der Waals surface area contributed by atoms with Gasteiger partial charge in [-0.15, -0.1) is 0 Å². The molecule has 3 aromatic carbocycles. The molecule has 3 N–H and O–H groups in total. The number of hydrazine groups is 1. The molecule has 9 heteroatoms. The van der Waals surface area contributed by atoms with E-state index in [0.717, 1.165) is 5.56 Å². The van der Waals surface area contributed by atoms with E-state index in [2.05, 4.69) is 21.2 Å². The average molecular weight is 493 g/mol. The van der Waals surface area contributed by atoms with Gasteiger partial charge in [-0.3, -0.25) is 25.2 Å². The molecule has 0 fully saturated rings. The SMILES string of the molecule is O=C(CNC(=O)c1ccccc1Cl)NNC(=O)c1cc(-c2ccc(Cl)cc2)nc2ccccc12. The third-order valence-electron chi connectivity index (χ3n) is 4.94. The van der Waals surface area contributed by atoms with Crippen molar-refractivity contribution in [3.63, 3.8) is 0 Å². The number of para-hydroxylation sites is 1. The summed E-state index contributed by atoms with van der Waals surface area (Å²) in [5.74, 6) is -1.63. The molecule has 4 rings (SSSR count). The lowest BCUT2D eigenvalue weighted by molar-refractivity contribution is -0.120. The second kappa shape index (κ2) is 10.3. The second-order valence-electron chi connectivity index (χ2n) is 7.24. The van der Waals surface area contributed by atoms with Crippen LogP contribution in [0.3, 0.4) is 0 Å². The van der Waals surface area contributed by atoms with Crippen LogP contribution in [0.4, 0.5) is 0 Å². The van der Waals surface area contributed by atoms with Gasteiger partial charge in [0.1, 0.15) is 0 Å². The largest absolute Gasteiger partial charge is 0.343 e. The molecule has 7 nitrogen and oxygen atoms in total. The molecule has 0 bridgehead atoms. The summed E-state index contributed by atoms with van der Waals surface area (Å²) in [6.45, 7) is -0.350. The third-order valence-corrected chi connectivity index (χ3v) is 5.53. The minimum atomic E-state index is -0.606. The van der Waals surface area contributed by atoms with Crippen molar-refractivity contribution < 1.29 is 14.4 Å². The van der Waals surface area contributed by atoms with Gasteiger partial charge in [0.25, 0.3) is 17.7 Å². The van der Waals surface area contributed by atoms with Crippen LogP contribution in [0, 0.1) is 0 Å². The van der Waals surface area contributed by atoms with Crippen LogP contribution in [0.2, 0.25) is 10.0 Å². The van der Waals surface area contributed by atoms with E-state index in [-0.39, 0.29) is 17.1 Å². The Morgan fingerprint density at radius 1 is 0.765 bits per heavy atom. The molecule has 0 saturated carbocycles. The van der Waals surface area contributed by atoms with E-state index in [1.165, 1.54) is 0 Å². The first kappa shape index (κ1) is 23.2. The number of benzene rings is 3. The van der Waals surface area contributed by atoms with Gasteiger partial charge in [-0.1, -0.05) is 65.7 Å².